The van der Waals surface area contributed by atoms with Crippen LogP contribution in [0.25, 0.3) is 0 Å². The van der Waals surface area contributed by atoms with E-state index in [1.54, 1.807) is 36.3 Å². The van der Waals surface area contributed by atoms with Crippen molar-refractivity contribution in [2.45, 2.75) is 12.5 Å². The third kappa shape index (κ3) is 3.54. The van der Waals surface area contributed by atoms with E-state index in [0.717, 1.165) is 0 Å². The highest BCUT2D eigenvalue weighted by Crippen LogP contribution is 2.23. The number of rotatable bonds is 4. The molecule has 0 radical (unpaired) electrons. The van der Waals surface area contributed by atoms with E-state index in [1.807, 2.05) is 0 Å². The Kier molecular flexibility index (Phi) is 4.55. The number of hydrogen-bond acceptors (Lipinski definition) is 5. The fourth-order valence-electron chi connectivity index (χ4n) is 2.84. The minimum atomic E-state index is -0.883. The highest BCUT2D eigenvalue weighted by atomic mass is 16.5. The largest absolute Gasteiger partial charge is 0.497 e. The summed E-state index contributed by atoms with van der Waals surface area (Å²) in [7, 11) is 1.55. The zero-order chi connectivity index (χ0) is 18.0. The lowest BCUT2D eigenvalue weighted by atomic mass is 10.1. The minimum Gasteiger partial charge on any atom is -0.497 e. The molecule has 1 atom stereocenters. The molecule has 1 unspecified atom stereocenters. The van der Waals surface area contributed by atoms with E-state index in [2.05, 4.69) is 10.6 Å². The van der Waals surface area contributed by atoms with Crippen LogP contribution in [0.1, 0.15) is 6.42 Å². The van der Waals surface area contributed by atoms with Gasteiger partial charge in [0.1, 0.15) is 18.3 Å². The van der Waals surface area contributed by atoms with E-state index in [-0.39, 0.29) is 24.8 Å². The second-order valence-electron chi connectivity index (χ2n) is 5.78. The number of ether oxygens (including phenoxy) is 1. The predicted octanol–water partition coefficient (Wildman–Crippen LogP) is -0.531. The molecule has 9 heteroatoms. The Balaban J connectivity index is 1.61. The Morgan fingerprint density at radius 2 is 2.08 bits per heavy atom. The Morgan fingerprint density at radius 1 is 1.28 bits per heavy atom. The minimum absolute atomic E-state index is 0.0711. The van der Waals surface area contributed by atoms with Crippen LogP contribution in [0.3, 0.4) is 0 Å². The number of anilines is 1. The second-order valence-corrected chi connectivity index (χ2v) is 5.78. The molecule has 9 nitrogen and oxygen atoms in total. The standard InChI is InChI=1S/C16H18N4O5/c1-25-11-4-2-3-10(7-11)20-6-5-19(9-14(20)22)13(21)8-12-15(23)18-16(24)17-12/h2-4,7,12H,5-6,8-9H2,1H3,(H2,17,18,23,24). The first-order valence-electron chi connectivity index (χ1n) is 7.81. The van der Waals surface area contributed by atoms with Crippen molar-refractivity contribution in [2.75, 3.05) is 31.6 Å². The van der Waals surface area contributed by atoms with Crippen molar-refractivity contribution in [3.63, 3.8) is 0 Å². The molecule has 2 fully saturated rings. The van der Waals surface area contributed by atoms with Crippen LogP contribution in [-0.2, 0) is 14.4 Å². The molecule has 1 aromatic rings. The van der Waals surface area contributed by atoms with Crippen LogP contribution in [0.4, 0.5) is 10.5 Å². The summed E-state index contributed by atoms with van der Waals surface area (Å²) >= 11 is 0. The van der Waals surface area contributed by atoms with Crippen LogP contribution in [-0.4, -0.2) is 61.4 Å². The molecule has 2 saturated heterocycles. The number of carbonyl (C=O) groups is 4. The molecule has 0 spiro atoms. The summed E-state index contributed by atoms with van der Waals surface area (Å²) in [4.78, 5) is 50.3. The number of benzene rings is 1. The highest BCUT2D eigenvalue weighted by molar-refractivity contribution is 6.06. The number of nitrogens with zero attached hydrogens (tertiary/aromatic N) is 2. The van der Waals surface area contributed by atoms with Crippen molar-refractivity contribution >= 4 is 29.4 Å². The average Bonchev–Trinajstić information content (AvgIpc) is 2.92. The Hall–Kier alpha value is -3.10. The average molecular weight is 346 g/mol. The van der Waals surface area contributed by atoms with Gasteiger partial charge in [-0.3, -0.25) is 19.7 Å². The van der Waals surface area contributed by atoms with Crippen LogP contribution >= 0.6 is 0 Å². The maximum atomic E-state index is 12.4. The number of imide groups is 1. The molecule has 0 saturated carbocycles. The van der Waals surface area contributed by atoms with Crippen LogP contribution in [0.15, 0.2) is 24.3 Å². The SMILES string of the molecule is COc1cccc(N2CCN(C(=O)CC3NC(=O)NC3=O)CC2=O)c1. The van der Waals surface area contributed by atoms with Gasteiger partial charge in [0.2, 0.25) is 11.8 Å². The van der Waals surface area contributed by atoms with Gasteiger partial charge in [-0.05, 0) is 12.1 Å². The van der Waals surface area contributed by atoms with E-state index >= 15 is 0 Å². The van der Waals surface area contributed by atoms with Crippen LogP contribution in [0.5, 0.6) is 5.75 Å². The summed E-state index contributed by atoms with van der Waals surface area (Å²) in [6, 6.07) is 5.65. The number of nitrogens with one attached hydrogen (secondary N) is 2. The molecule has 132 valence electrons. The first-order valence-corrected chi connectivity index (χ1v) is 7.81. The molecule has 0 aromatic heterocycles. The predicted molar refractivity (Wildman–Crippen MR) is 87.0 cm³/mol. The molecule has 25 heavy (non-hydrogen) atoms. The molecular formula is C16H18N4O5. The Bertz CT molecular complexity index is 735. The van der Waals surface area contributed by atoms with Crippen LogP contribution in [0, 0.1) is 0 Å². The highest BCUT2D eigenvalue weighted by Gasteiger charge is 2.34. The van der Waals surface area contributed by atoms with E-state index in [0.29, 0.717) is 24.5 Å². The number of urea groups is 1. The van der Waals surface area contributed by atoms with E-state index < -0.39 is 18.0 Å². The quantitative estimate of drug-likeness (QED) is 0.713. The first-order chi connectivity index (χ1) is 12.0. The van der Waals surface area contributed by atoms with Gasteiger partial charge in [-0.25, -0.2) is 4.79 Å². The number of piperazine rings is 1. The molecule has 0 bridgehead atoms. The lowest BCUT2D eigenvalue weighted by Gasteiger charge is -2.34. The molecule has 2 aliphatic rings. The van der Waals surface area contributed by atoms with Crippen molar-refractivity contribution in [1.82, 2.24) is 15.5 Å². The molecular weight excluding hydrogens is 328 g/mol. The zero-order valence-electron chi connectivity index (χ0n) is 13.7. The summed E-state index contributed by atoms with van der Waals surface area (Å²) in [5.74, 6) is -0.444. The molecule has 3 rings (SSSR count). The third-order valence-corrected chi connectivity index (χ3v) is 4.18. The summed E-state index contributed by atoms with van der Waals surface area (Å²) in [5.41, 5.74) is 0.707. The van der Waals surface area contributed by atoms with Crippen LogP contribution < -0.4 is 20.3 Å². The summed E-state index contributed by atoms with van der Waals surface area (Å²) in [6.45, 7) is 0.628. The molecule has 2 N–H and O–H groups in total. The molecule has 2 heterocycles. The number of amides is 5. The topological polar surface area (TPSA) is 108 Å². The van der Waals surface area contributed by atoms with Crippen molar-refractivity contribution in [3.05, 3.63) is 24.3 Å². The summed E-state index contributed by atoms with van der Waals surface area (Å²) in [6.07, 6.45) is -0.163. The smallest absolute Gasteiger partial charge is 0.322 e. The lowest BCUT2D eigenvalue weighted by molar-refractivity contribution is -0.138. The Labute approximate surface area is 143 Å². The second kappa shape index (κ2) is 6.80. The van der Waals surface area contributed by atoms with Crippen LogP contribution in [0.2, 0.25) is 0 Å². The van der Waals surface area contributed by atoms with Crippen molar-refractivity contribution in [2.24, 2.45) is 0 Å². The number of methoxy groups -OCH3 is 1. The van der Waals surface area contributed by atoms with Gasteiger partial charge in [0.05, 0.1) is 13.5 Å². The monoisotopic (exact) mass is 346 g/mol. The van der Waals surface area contributed by atoms with Gasteiger partial charge in [0.25, 0.3) is 5.91 Å². The fourth-order valence-corrected chi connectivity index (χ4v) is 2.84. The lowest BCUT2D eigenvalue weighted by Crippen LogP contribution is -2.53. The van der Waals surface area contributed by atoms with Gasteiger partial charge in [0.15, 0.2) is 0 Å². The third-order valence-electron chi connectivity index (χ3n) is 4.18. The van der Waals surface area contributed by atoms with Crippen molar-refractivity contribution in [3.8, 4) is 5.75 Å². The number of carbonyl (C=O) groups excluding carboxylic acids is 4. The Morgan fingerprint density at radius 3 is 2.72 bits per heavy atom. The van der Waals surface area contributed by atoms with Crippen molar-refractivity contribution < 1.29 is 23.9 Å². The van der Waals surface area contributed by atoms with Gasteiger partial charge < -0.3 is 19.9 Å². The maximum absolute atomic E-state index is 12.4. The molecule has 5 amide bonds. The van der Waals surface area contributed by atoms with Gasteiger partial charge in [-0.1, -0.05) is 6.07 Å². The number of hydrogen-bond donors (Lipinski definition) is 2. The maximum Gasteiger partial charge on any atom is 0.322 e. The zero-order valence-corrected chi connectivity index (χ0v) is 13.7. The molecule has 2 aliphatic heterocycles. The van der Waals surface area contributed by atoms with Gasteiger partial charge in [0, 0.05) is 24.8 Å². The molecule has 1 aromatic carbocycles. The van der Waals surface area contributed by atoms with Gasteiger partial charge in [-0.15, -0.1) is 0 Å². The van der Waals surface area contributed by atoms with Gasteiger partial charge in [-0.2, -0.15) is 0 Å². The van der Waals surface area contributed by atoms with E-state index in [1.165, 1.54) is 4.90 Å². The van der Waals surface area contributed by atoms with E-state index in [4.69, 9.17) is 4.74 Å². The fraction of sp³-hybridized carbons (Fsp3) is 0.375. The summed E-state index contributed by atoms with van der Waals surface area (Å²) in [5, 5.41) is 4.45. The summed E-state index contributed by atoms with van der Waals surface area (Å²) < 4.78 is 5.16. The van der Waals surface area contributed by atoms with Gasteiger partial charge >= 0.3 is 6.03 Å². The first kappa shape index (κ1) is 16.7. The normalized spacial score (nSPS) is 20.4. The van der Waals surface area contributed by atoms with E-state index in [9.17, 15) is 19.2 Å². The molecule has 0 aliphatic carbocycles. The van der Waals surface area contributed by atoms with Crippen molar-refractivity contribution in [1.29, 1.82) is 0 Å².